The van der Waals surface area contributed by atoms with Gasteiger partial charge < -0.3 is 14.7 Å². The summed E-state index contributed by atoms with van der Waals surface area (Å²) in [5.74, 6) is -0.282. The maximum Gasteiger partial charge on any atom is 0.259 e. The van der Waals surface area contributed by atoms with Crippen LogP contribution in [0.3, 0.4) is 0 Å². The fourth-order valence-electron chi connectivity index (χ4n) is 3.53. The van der Waals surface area contributed by atoms with E-state index in [-0.39, 0.29) is 17.7 Å². The van der Waals surface area contributed by atoms with Crippen LogP contribution in [-0.4, -0.2) is 52.0 Å². The van der Waals surface area contributed by atoms with E-state index >= 15 is 0 Å². The molecule has 8 nitrogen and oxygen atoms in total. The second-order valence-electron chi connectivity index (χ2n) is 6.62. The molecule has 138 valence electrons. The number of hydrogen-bond acceptors (Lipinski definition) is 6. The lowest BCUT2D eigenvalue weighted by Gasteiger charge is -2.16. The third kappa shape index (κ3) is 3.03. The molecular formula is C19H19N5O3. The molecule has 1 aliphatic rings. The molecule has 0 radical (unpaired) electrons. The molecule has 3 aromatic rings. The summed E-state index contributed by atoms with van der Waals surface area (Å²) >= 11 is 0. The van der Waals surface area contributed by atoms with Crippen LogP contribution in [0.5, 0.6) is 0 Å². The first-order valence-corrected chi connectivity index (χ1v) is 8.76. The summed E-state index contributed by atoms with van der Waals surface area (Å²) in [5.41, 5.74) is 2.77. The van der Waals surface area contributed by atoms with Crippen molar-refractivity contribution in [2.75, 3.05) is 20.1 Å². The molecule has 4 rings (SSSR count). The van der Waals surface area contributed by atoms with E-state index < -0.39 is 0 Å². The highest BCUT2D eigenvalue weighted by Crippen LogP contribution is 2.34. The third-order valence-electron chi connectivity index (χ3n) is 4.84. The fourth-order valence-corrected chi connectivity index (χ4v) is 3.53. The monoisotopic (exact) mass is 365 g/mol. The molecule has 1 aliphatic heterocycles. The standard InChI is InChI=1S/C19H19N5O3/c1-11-8-14(17(25)20-2)15-16(23-27-18(15)22-11)13-5-7-24(10-13)19(26)12-4-3-6-21-9-12/h3-4,6,8-9,13H,5,7,10H2,1-2H3,(H,20,25). The number of aromatic nitrogens is 3. The molecule has 0 spiro atoms. The zero-order valence-electron chi connectivity index (χ0n) is 15.1. The van der Waals surface area contributed by atoms with Crippen molar-refractivity contribution in [2.45, 2.75) is 19.3 Å². The average Bonchev–Trinajstić information content (AvgIpc) is 3.33. The van der Waals surface area contributed by atoms with Gasteiger partial charge in [0.1, 0.15) is 0 Å². The summed E-state index contributed by atoms with van der Waals surface area (Å²) in [5, 5.41) is 7.47. The number of likely N-dealkylation sites (tertiary alicyclic amines) is 1. The lowest BCUT2D eigenvalue weighted by molar-refractivity contribution is 0.0789. The highest BCUT2D eigenvalue weighted by atomic mass is 16.5. The molecule has 1 atom stereocenters. The Morgan fingerprint density at radius 3 is 2.96 bits per heavy atom. The molecule has 2 amide bonds. The van der Waals surface area contributed by atoms with E-state index in [9.17, 15) is 9.59 Å². The van der Waals surface area contributed by atoms with Gasteiger partial charge in [-0.25, -0.2) is 4.98 Å². The van der Waals surface area contributed by atoms with Gasteiger partial charge in [-0.15, -0.1) is 0 Å². The summed E-state index contributed by atoms with van der Waals surface area (Å²) in [6.45, 7) is 2.93. The lowest BCUT2D eigenvalue weighted by atomic mass is 9.99. The number of carbonyl (C=O) groups excluding carboxylic acids is 2. The molecular weight excluding hydrogens is 346 g/mol. The molecule has 8 heteroatoms. The summed E-state index contributed by atoms with van der Waals surface area (Å²) in [4.78, 5) is 35.1. The second kappa shape index (κ2) is 6.79. The molecule has 1 unspecified atom stereocenters. The quantitative estimate of drug-likeness (QED) is 0.761. The van der Waals surface area contributed by atoms with E-state index in [1.54, 1.807) is 49.5 Å². The molecule has 0 bridgehead atoms. The number of nitrogens with one attached hydrogen (secondary N) is 1. The number of fused-ring (bicyclic) bond motifs is 1. The van der Waals surface area contributed by atoms with Gasteiger partial charge in [-0.1, -0.05) is 5.16 Å². The highest BCUT2D eigenvalue weighted by molar-refractivity contribution is 6.06. The summed E-state index contributed by atoms with van der Waals surface area (Å²) in [7, 11) is 1.58. The van der Waals surface area contributed by atoms with Gasteiger partial charge in [0.15, 0.2) is 0 Å². The van der Waals surface area contributed by atoms with Crippen molar-refractivity contribution in [3.05, 3.63) is 53.1 Å². The first kappa shape index (κ1) is 17.1. The van der Waals surface area contributed by atoms with Crippen LogP contribution in [0.2, 0.25) is 0 Å². The van der Waals surface area contributed by atoms with Crippen molar-refractivity contribution in [3.8, 4) is 0 Å². The van der Waals surface area contributed by atoms with Crippen LogP contribution < -0.4 is 5.32 Å². The Hall–Kier alpha value is -3.29. The van der Waals surface area contributed by atoms with Gasteiger partial charge in [0.25, 0.3) is 17.5 Å². The lowest BCUT2D eigenvalue weighted by Crippen LogP contribution is -2.28. The molecule has 1 fully saturated rings. The maximum absolute atomic E-state index is 12.7. The molecule has 3 aromatic heterocycles. The van der Waals surface area contributed by atoms with Crippen molar-refractivity contribution >= 4 is 22.9 Å². The number of pyridine rings is 2. The van der Waals surface area contributed by atoms with Crippen molar-refractivity contribution in [1.29, 1.82) is 0 Å². The Labute approximate surface area is 155 Å². The largest absolute Gasteiger partial charge is 0.355 e. The van der Waals surface area contributed by atoms with Gasteiger partial charge in [-0.05, 0) is 31.5 Å². The van der Waals surface area contributed by atoms with Crippen LogP contribution in [0.15, 0.2) is 35.1 Å². The third-order valence-corrected chi connectivity index (χ3v) is 4.84. The molecule has 1 N–H and O–H groups in total. The van der Waals surface area contributed by atoms with Crippen LogP contribution in [0.4, 0.5) is 0 Å². The van der Waals surface area contributed by atoms with Gasteiger partial charge in [0.2, 0.25) is 0 Å². The summed E-state index contributed by atoms with van der Waals surface area (Å²) in [6.07, 6.45) is 3.95. The van der Waals surface area contributed by atoms with Crippen LogP contribution in [0, 0.1) is 6.92 Å². The topological polar surface area (TPSA) is 101 Å². The minimum Gasteiger partial charge on any atom is -0.355 e. The van der Waals surface area contributed by atoms with Crippen molar-refractivity contribution in [3.63, 3.8) is 0 Å². The second-order valence-corrected chi connectivity index (χ2v) is 6.62. The minimum absolute atomic E-state index is 0.0141. The summed E-state index contributed by atoms with van der Waals surface area (Å²) in [6, 6.07) is 5.23. The number of hydrogen-bond donors (Lipinski definition) is 1. The van der Waals surface area contributed by atoms with Crippen molar-refractivity contribution < 1.29 is 14.1 Å². The van der Waals surface area contributed by atoms with Gasteiger partial charge in [-0.3, -0.25) is 14.6 Å². The smallest absolute Gasteiger partial charge is 0.259 e. The Morgan fingerprint density at radius 2 is 2.22 bits per heavy atom. The van der Waals surface area contributed by atoms with Crippen LogP contribution in [-0.2, 0) is 0 Å². The van der Waals surface area contributed by atoms with Crippen molar-refractivity contribution in [2.24, 2.45) is 0 Å². The maximum atomic E-state index is 12.7. The van der Waals surface area contributed by atoms with Gasteiger partial charge in [0.05, 0.1) is 22.2 Å². The number of amides is 2. The van der Waals surface area contributed by atoms with E-state index in [1.165, 1.54) is 0 Å². The Balaban J connectivity index is 1.66. The number of carbonyl (C=O) groups is 2. The van der Waals surface area contributed by atoms with Crippen LogP contribution in [0.1, 0.15) is 44.4 Å². The average molecular weight is 365 g/mol. The highest BCUT2D eigenvalue weighted by Gasteiger charge is 2.33. The zero-order valence-corrected chi connectivity index (χ0v) is 15.1. The fraction of sp³-hybridized carbons (Fsp3) is 0.316. The normalized spacial score (nSPS) is 16.7. The minimum atomic E-state index is -0.212. The van der Waals surface area contributed by atoms with Gasteiger partial charge in [-0.2, -0.15) is 0 Å². The number of nitrogens with zero attached hydrogens (tertiary/aromatic N) is 4. The summed E-state index contributed by atoms with van der Waals surface area (Å²) < 4.78 is 5.40. The zero-order chi connectivity index (χ0) is 19.0. The Bertz CT molecular complexity index is 1010. The predicted molar refractivity (Wildman–Crippen MR) is 97.4 cm³/mol. The molecule has 0 aromatic carbocycles. The number of aryl methyl sites for hydroxylation is 1. The Kier molecular flexibility index (Phi) is 4.31. The predicted octanol–water partition coefficient (Wildman–Crippen LogP) is 1.92. The molecule has 1 saturated heterocycles. The van der Waals surface area contributed by atoms with Gasteiger partial charge >= 0.3 is 0 Å². The number of rotatable bonds is 3. The first-order valence-electron chi connectivity index (χ1n) is 8.76. The molecule has 4 heterocycles. The molecule has 0 aliphatic carbocycles. The van der Waals surface area contributed by atoms with Crippen LogP contribution in [0.25, 0.3) is 11.1 Å². The van der Waals surface area contributed by atoms with Crippen molar-refractivity contribution in [1.82, 2.24) is 25.3 Å². The van der Waals surface area contributed by atoms with Crippen LogP contribution >= 0.6 is 0 Å². The SMILES string of the molecule is CNC(=O)c1cc(C)nc2onc(C3CCN(C(=O)c4cccnc4)C3)c12. The first-order chi connectivity index (χ1) is 13.1. The molecule has 27 heavy (non-hydrogen) atoms. The van der Waals surface area contributed by atoms with Gasteiger partial charge in [0, 0.05) is 44.1 Å². The van der Waals surface area contributed by atoms with E-state index in [0.717, 1.165) is 6.42 Å². The van der Waals surface area contributed by atoms with E-state index in [2.05, 4.69) is 20.4 Å². The van der Waals surface area contributed by atoms with E-state index in [0.29, 0.717) is 46.7 Å². The van der Waals surface area contributed by atoms with E-state index in [1.807, 2.05) is 0 Å². The molecule has 0 saturated carbocycles. The Morgan fingerprint density at radius 1 is 1.37 bits per heavy atom. The van der Waals surface area contributed by atoms with E-state index in [4.69, 9.17) is 4.52 Å².